The molecule has 1 aromatic carbocycles. The van der Waals surface area contributed by atoms with E-state index in [1.54, 1.807) is 24.2 Å². The Kier molecular flexibility index (Phi) is 4.48. The van der Waals surface area contributed by atoms with Gasteiger partial charge >= 0.3 is 0 Å². The first-order valence-electron chi connectivity index (χ1n) is 6.19. The van der Waals surface area contributed by atoms with Gasteiger partial charge in [0.2, 0.25) is 0 Å². The zero-order valence-corrected chi connectivity index (χ0v) is 11.2. The maximum atomic E-state index is 12.4. The van der Waals surface area contributed by atoms with Crippen molar-refractivity contribution in [3.8, 4) is 11.8 Å². The molecule has 100 valence electrons. The molecule has 4 heteroatoms. The highest BCUT2D eigenvalue weighted by Gasteiger charge is 2.13. The van der Waals surface area contributed by atoms with Gasteiger partial charge in [-0.1, -0.05) is 30.0 Å². The van der Waals surface area contributed by atoms with Crippen molar-refractivity contribution in [1.29, 1.82) is 0 Å². The van der Waals surface area contributed by atoms with Crippen LogP contribution in [-0.4, -0.2) is 24.5 Å². The molecular weight excluding hydrogens is 250 g/mol. The van der Waals surface area contributed by atoms with Crippen molar-refractivity contribution in [3.05, 3.63) is 59.9 Å². The van der Waals surface area contributed by atoms with E-state index in [1.807, 2.05) is 30.3 Å². The molecule has 0 radical (unpaired) electrons. The van der Waals surface area contributed by atoms with E-state index in [0.29, 0.717) is 11.1 Å². The fourth-order valence-electron chi connectivity index (χ4n) is 1.74. The van der Waals surface area contributed by atoms with Gasteiger partial charge in [-0.3, -0.25) is 9.78 Å². The quantitative estimate of drug-likeness (QED) is 0.840. The molecular formula is C16H15N3O. The number of nitrogens with zero attached hydrogens (tertiary/aromatic N) is 2. The van der Waals surface area contributed by atoms with Gasteiger partial charge in [-0.05, 0) is 18.2 Å². The summed E-state index contributed by atoms with van der Waals surface area (Å²) in [6.07, 6.45) is 3.15. The average molecular weight is 265 g/mol. The number of para-hydroxylation sites is 1. The molecule has 2 aromatic rings. The molecule has 2 N–H and O–H groups in total. The first-order chi connectivity index (χ1) is 9.72. The van der Waals surface area contributed by atoms with Crippen molar-refractivity contribution in [1.82, 2.24) is 4.98 Å². The van der Waals surface area contributed by atoms with Crippen molar-refractivity contribution < 1.29 is 4.79 Å². The zero-order valence-electron chi connectivity index (χ0n) is 11.2. The number of anilines is 1. The molecule has 1 aromatic heterocycles. The highest BCUT2D eigenvalue weighted by atomic mass is 16.2. The third-order valence-corrected chi connectivity index (χ3v) is 2.77. The van der Waals surface area contributed by atoms with Crippen LogP contribution in [0.15, 0.2) is 48.8 Å². The Morgan fingerprint density at radius 1 is 1.30 bits per heavy atom. The summed E-state index contributed by atoms with van der Waals surface area (Å²) in [5.74, 6) is 5.49. The van der Waals surface area contributed by atoms with Crippen LogP contribution < -0.4 is 10.6 Å². The number of carbonyl (C=O) groups is 1. The van der Waals surface area contributed by atoms with E-state index < -0.39 is 0 Å². The summed E-state index contributed by atoms with van der Waals surface area (Å²) in [4.78, 5) is 18.0. The molecule has 1 heterocycles. The van der Waals surface area contributed by atoms with Gasteiger partial charge in [0.05, 0.1) is 12.1 Å². The van der Waals surface area contributed by atoms with Crippen LogP contribution in [0, 0.1) is 11.8 Å². The predicted molar refractivity (Wildman–Crippen MR) is 79.3 cm³/mol. The Morgan fingerprint density at radius 2 is 2.05 bits per heavy atom. The standard InChI is InChI=1S/C16H15N3O/c1-19(15-7-3-2-4-8-15)16(20)14-10-13(6-5-9-17)11-18-12-14/h2-4,7-8,10-12H,9,17H2,1H3. The summed E-state index contributed by atoms with van der Waals surface area (Å²) < 4.78 is 0. The van der Waals surface area contributed by atoms with E-state index in [0.717, 1.165) is 5.69 Å². The number of aromatic nitrogens is 1. The number of amides is 1. The number of hydrogen-bond acceptors (Lipinski definition) is 3. The minimum absolute atomic E-state index is 0.125. The molecule has 0 fully saturated rings. The van der Waals surface area contributed by atoms with Crippen LogP contribution in [0.5, 0.6) is 0 Å². The van der Waals surface area contributed by atoms with Crippen LogP contribution in [0.25, 0.3) is 0 Å². The van der Waals surface area contributed by atoms with Crippen molar-refractivity contribution in [2.45, 2.75) is 0 Å². The zero-order chi connectivity index (χ0) is 14.4. The van der Waals surface area contributed by atoms with Crippen LogP contribution in [0.4, 0.5) is 5.69 Å². The number of rotatable bonds is 2. The Morgan fingerprint density at radius 3 is 2.75 bits per heavy atom. The molecule has 0 aliphatic rings. The normalized spacial score (nSPS) is 9.50. The number of hydrogen-bond donors (Lipinski definition) is 1. The van der Waals surface area contributed by atoms with Gasteiger partial charge in [0.1, 0.15) is 0 Å². The Hall–Kier alpha value is -2.64. The van der Waals surface area contributed by atoms with Gasteiger partial charge in [-0.15, -0.1) is 0 Å². The first kappa shape index (κ1) is 13.8. The van der Waals surface area contributed by atoms with Crippen LogP contribution in [0.1, 0.15) is 15.9 Å². The topological polar surface area (TPSA) is 59.2 Å². The molecule has 1 amide bonds. The Labute approximate surface area is 118 Å². The summed E-state index contributed by atoms with van der Waals surface area (Å²) in [7, 11) is 1.73. The lowest BCUT2D eigenvalue weighted by atomic mass is 10.2. The summed E-state index contributed by atoms with van der Waals surface area (Å²) in [6.45, 7) is 0.280. The van der Waals surface area contributed by atoms with Crippen molar-refractivity contribution in [2.24, 2.45) is 5.73 Å². The number of benzene rings is 1. The molecule has 0 spiro atoms. The van der Waals surface area contributed by atoms with Gasteiger partial charge in [0.15, 0.2) is 0 Å². The summed E-state index contributed by atoms with van der Waals surface area (Å²) in [5, 5.41) is 0. The van der Waals surface area contributed by atoms with Gasteiger partial charge in [-0.25, -0.2) is 0 Å². The highest BCUT2D eigenvalue weighted by Crippen LogP contribution is 2.14. The van der Waals surface area contributed by atoms with E-state index in [2.05, 4.69) is 16.8 Å². The van der Waals surface area contributed by atoms with Gasteiger partial charge < -0.3 is 10.6 Å². The Bertz CT molecular complexity index is 656. The van der Waals surface area contributed by atoms with E-state index in [4.69, 9.17) is 5.73 Å². The summed E-state index contributed by atoms with van der Waals surface area (Å²) in [6, 6.07) is 11.2. The Balaban J connectivity index is 2.25. The largest absolute Gasteiger partial charge is 0.320 e. The van der Waals surface area contributed by atoms with Gasteiger partial charge in [0, 0.05) is 30.7 Å². The third-order valence-electron chi connectivity index (χ3n) is 2.77. The molecule has 0 bridgehead atoms. The lowest BCUT2D eigenvalue weighted by Crippen LogP contribution is -2.26. The van der Waals surface area contributed by atoms with E-state index in [9.17, 15) is 4.79 Å². The maximum Gasteiger partial charge on any atom is 0.259 e. The molecule has 0 saturated carbocycles. The molecule has 20 heavy (non-hydrogen) atoms. The van der Waals surface area contributed by atoms with Crippen molar-refractivity contribution >= 4 is 11.6 Å². The second kappa shape index (κ2) is 6.50. The summed E-state index contributed by atoms with van der Waals surface area (Å²) >= 11 is 0. The van der Waals surface area contributed by atoms with Crippen LogP contribution in [0.2, 0.25) is 0 Å². The lowest BCUT2D eigenvalue weighted by molar-refractivity contribution is 0.0992. The average Bonchev–Trinajstić information content (AvgIpc) is 2.52. The van der Waals surface area contributed by atoms with E-state index >= 15 is 0 Å². The highest BCUT2D eigenvalue weighted by molar-refractivity contribution is 6.05. The minimum atomic E-state index is -0.125. The van der Waals surface area contributed by atoms with E-state index in [1.165, 1.54) is 6.20 Å². The van der Waals surface area contributed by atoms with Crippen molar-refractivity contribution in [2.75, 3.05) is 18.5 Å². The number of nitrogens with two attached hydrogens (primary N) is 1. The molecule has 0 saturated heterocycles. The van der Waals surface area contributed by atoms with Gasteiger partial charge in [-0.2, -0.15) is 0 Å². The van der Waals surface area contributed by atoms with Crippen LogP contribution in [0.3, 0.4) is 0 Å². The smallest absolute Gasteiger partial charge is 0.259 e. The fraction of sp³-hybridized carbons (Fsp3) is 0.125. The summed E-state index contributed by atoms with van der Waals surface area (Å²) in [5.41, 5.74) is 7.34. The maximum absolute atomic E-state index is 12.4. The molecule has 0 aliphatic heterocycles. The molecule has 0 atom stereocenters. The third kappa shape index (κ3) is 3.22. The van der Waals surface area contributed by atoms with Crippen molar-refractivity contribution in [3.63, 3.8) is 0 Å². The number of pyridine rings is 1. The monoisotopic (exact) mass is 265 g/mol. The fourth-order valence-corrected chi connectivity index (χ4v) is 1.74. The van der Waals surface area contributed by atoms with Crippen LogP contribution in [-0.2, 0) is 0 Å². The molecule has 2 rings (SSSR count). The lowest BCUT2D eigenvalue weighted by Gasteiger charge is -2.17. The minimum Gasteiger partial charge on any atom is -0.320 e. The second-order valence-electron chi connectivity index (χ2n) is 4.17. The SMILES string of the molecule is CN(C(=O)c1cncc(C#CCN)c1)c1ccccc1. The van der Waals surface area contributed by atoms with Crippen LogP contribution >= 0.6 is 0 Å². The number of carbonyl (C=O) groups excluding carboxylic acids is 1. The molecule has 0 aliphatic carbocycles. The van der Waals surface area contributed by atoms with E-state index in [-0.39, 0.29) is 12.5 Å². The predicted octanol–water partition coefficient (Wildman–Crippen LogP) is 1.67. The van der Waals surface area contributed by atoms with Gasteiger partial charge in [0.25, 0.3) is 5.91 Å². The molecule has 4 nitrogen and oxygen atoms in total. The second-order valence-corrected chi connectivity index (χ2v) is 4.17. The molecule has 0 unspecified atom stereocenters. The first-order valence-corrected chi connectivity index (χ1v) is 6.19.